The van der Waals surface area contributed by atoms with Crippen molar-refractivity contribution < 1.29 is 9.59 Å². The summed E-state index contributed by atoms with van der Waals surface area (Å²) in [7, 11) is 0. The van der Waals surface area contributed by atoms with Crippen LogP contribution in [0.5, 0.6) is 0 Å². The highest BCUT2D eigenvalue weighted by Crippen LogP contribution is 2.40. The minimum atomic E-state index is -0.172. The van der Waals surface area contributed by atoms with E-state index in [2.05, 4.69) is 22.0 Å². The van der Waals surface area contributed by atoms with Crippen LogP contribution in [0.25, 0.3) is 0 Å². The van der Waals surface area contributed by atoms with E-state index >= 15 is 0 Å². The molecule has 2 aliphatic rings. The molecular formula is C16H16BrNO2. The van der Waals surface area contributed by atoms with Crippen LogP contribution in [0, 0.1) is 18.8 Å². The smallest absolute Gasteiger partial charge is 0.238 e. The van der Waals surface area contributed by atoms with Crippen LogP contribution < -0.4 is 4.90 Å². The number of carbonyl (C=O) groups excluding carboxylic acids is 2. The fourth-order valence-electron chi connectivity index (χ4n) is 3.14. The Balaban J connectivity index is 2.00. The summed E-state index contributed by atoms with van der Waals surface area (Å²) in [6.45, 7) is 3.95. The fourth-order valence-corrected chi connectivity index (χ4v) is 3.62. The third-order valence-corrected chi connectivity index (χ3v) is 4.72. The molecule has 3 rings (SSSR count). The molecular weight excluding hydrogens is 318 g/mol. The lowest BCUT2D eigenvalue weighted by atomic mass is 9.82. The van der Waals surface area contributed by atoms with E-state index in [4.69, 9.17) is 0 Å². The molecule has 1 aromatic carbocycles. The van der Waals surface area contributed by atoms with Gasteiger partial charge in [-0.25, -0.2) is 4.90 Å². The Morgan fingerprint density at radius 3 is 2.55 bits per heavy atom. The largest absolute Gasteiger partial charge is 0.274 e. The molecule has 1 heterocycles. The molecule has 2 atom stereocenters. The average Bonchev–Trinajstić information content (AvgIpc) is 2.63. The number of carbonyl (C=O) groups is 2. The van der Waals surface area contributed by atoms with Crippen molar-refractivity contribution in [3.63, 3.8) is 0 Å². The second-order valence-electron chi connectivity index (χ2n) is 5.65. The Labute approximate surface area is 126 Å². The molecule has 0 bridgehead atoms. The highest BCUT2D eigenvalue weighted by molar-refractivity contribution is 9.10. The Kier molecular flexibility index (Phi) is 3.28. The summed E-state index contributed by atoms with van der Waals surface area (Å²) in [5.74, 6) is -0.433. The minimum absolute atomic E-state index is 0.0436. The molecule has 4 heteroatoms. The summed E-state index contributed by atoms with van der Waals surface area (Å²) in [5, 5.41) is 0. The van der Waals surface area contributed by atoms with E-state index in [1.165, 1.54) is 10.5 Å². The quantitative estimate of drug-likeness (QED) is 0.581. The van der Waals surface area contributed by atoms with Crippen LogP contribution in [0.4, 0.5) is 5.69 Å². The molecule has 1 aromatic rings. The summed E-state index contributed by atoms with van der Waals surface area (Å²) in [4.78, 5) is 26.6. The van der Waals surface area contributed by atoms with Crippen molar-refractivity contribution in [3.05, 3.63) is 39.9 Å². The molecule has 1 saturated heterocycles. The third-order valence-electron chi connectivity index (χ3n) is 4.22. The third kappa shape index (κ3) is 2.03. The summed E-state index contributed by atoms with van der Waals surface area (Å²) in [5.41, 5.74) is 2.86. The molecule has 3 nitrogen and oxygen atoms in total. The SMILES string of the molecule is CC1=CC[C@@H]2C(=O)N(c3ccc(Br)cc3C)C(=O)[C@H]2C1. The zero-order valence-corrected chi connectivity index (χ0v) is 13.1. The Hall–Kier alpha value is -1.42. The van der Waals surface area contributed by atoms with Gasteiger partial charge in [0.05, 0.1) is 17.5 Å². The van der Waals surface area contributed by atoms with Gasteiger partial charge in [-0.1, -0.05) is 27.6 Å². The zero-order valence-electron chi connectivity index (χ0n) is 11.5. The van der Waals surface area contributed by atoms with Gasteiger partial charge >= 0.3 is 0 Å². The predicted molar refractivity (Wildman–Crippen MR) is 81.3 cm³/mol. The first-order valence-electron chi connectivity index (χ1n) is 6.78. The maximum atomic E-state index is 12.6. The van der Waals surface area contributed by atoms with Gasteiger partial charge in [0.1, 0.15) is 0 Å². The normalized spacial score (nSPS) is 25.8. The van der Waals surface area contributed by atoms with Crippen molar-refractivity contribution in [2.75, 3.05) is 4.90 Å². The molecule has 1 fully saturated rings. The first-order valence-corrected chi connectivity index (χ1v) is 7.58. The van der Waals surface area contributed by atoms with Gasteiger partial charge in [0, 0.05) is 4.47 Å². The van der Waals surface area contributed by atoms with Crippen molar-refractivity contribution >= 4 is 33.4 Å². The molecule has 1 aliphatic carbocycles. The Morgan fingerprint density at radius 2 is 1.85 bits per heavy atom. The second kappa shape index (κ2) is 4.85. The van der Waals surface area contributed by atoms with Crippen LogP contribution in [-0.4, -0.2) is 11.8 Å². The molecule has 0 saturated carbocycles. The number of anilines is 1. The molecule has 0 aromatic heterocycles. The lowest BCUT2D eigenvalue weighted by molar-refractivity contribution is -0.122. The Bertz CT molecular complexity index is 635. The predicted octanol–water partition coefficient (Wildman–Crippen LogP) is 3.60. The van der Waals surface area contributed by atoms with Gasteiger partial charge in [-0.3, -0.25) is 9.59 Å². The number of benzene rings is 1. The molecule has 0 radical (unpaired) electrons. The lowest BCUT2D eigenvalue weighted by Gasteiger charge is -2.19. The first-order chi connectivity index (χ1) is 9.49. The first kappa shape index (κ1) is 13.6. The number of amides is 2. The standard InChI is InChI=1S/C16H16BrNO2/c1-9-3-5-12-13(7-9)16(20)18(15(12)19)14-6-4-11(17)8-10(14)2/h3-4,6,8,12-13H,5,7H2,1-2H3/t12-,13-/m0/s1. The summed E-state index contributed by atoms with van der Waals surface area (Å²) in [6.07, 6.45) is 3.48. The molecule has 20 heavy (non-hydrogen) atoms. The van der Waals surface area contributed by atoms with Crippen LogP contribution >= 0.6 is 15.9 Å². The van der Waals surface area contributed by atoms with Gasteiger partial charge in [0.2, 0.25) is 11.8 Å². The minimum Gasteiger partial charge on any atom is -0.274 e. The molecule has 104 valence electrons. The number of hydrogen-bond acceptors (Lipinski definition) is 2. The van der Waals surface area contributed by atoms with E-state index in [1.54, 1.807) is 0 Å². The van der Waals surface area contributed by atoms with E-state index in [9.17, 15) is 9.59 Å². The summed E-state index contributed by atoms with van der Waals surface area (Å²) < 4.78 is 0.952. The van der Waals surface area contributed by atoms with Crippen molar-refractivity contribution in [1.29, 1.82) is 0 Å². The van der Waals surface area contributed by atoms with E-state index in [0.717, 1.165) is 15.7 Å². The number of hydrogen-bond donors (Lipinski definition) is 0. The number of aryl methyl sites for hydroxylation is 1. The number of nitrogens with zero attached hydrogens (tertiary/aromatic N) is 1. The molecule has 0 N–H and O–H groups in total. The highest BCUT2D eigenvalue weighted by atomic mass is 79.9. The zero-order chi connectivity index (χ0) is 14.4. The van der Waals surface area contributed by atoms with Gasteiger partial charge in [-0.15, -0.1) is 0 Å². The lowest BCUT2D eigenvalue weighted by Crippen LogP contribution is -2.31. The van der Waals surface area contributed by atoms with Crippen molar-refractivity contribution in [3.8, 4) is 0 Å². The maximum Gasteiger partial charge on any atom is 0.238 e. The maximum absolute atomic E-state index is 12.6. The van der Waals surface area contributed by atoms with Crippen LogP contribution in [0.2, 0.25) is 0 Å². The van der Waals surface area contributed by atoms with E-state index in [-0.39, 0.29) is 23.7 Å². The van der Waals surface area contributed by atoms with Crippen LogP contribution in [0.15, 0.2) is 34.3 Å². The van der Waals surface area contributed by atoms with Crippen molar-refractivity contribution in [2.45, 2.75) is 26.7 Å². The monoisotopic (exact) mass is 333 g/mol. The molecule has 1 aliphatic heterocycles. The van der Waals surface area contributed by atoms with E-state index in [0.29, 0.717) is 12.8 Å². The second-order valence-corrected chi connectivity index (χ2v) is 6.56. The van der Waals surface area contributed by atoms with Crippen LogP contribution in [0.1, 0.15) is 25.3 Å². The summed E-state index contributed by atoms with van der Waals surface area (Å²) >= 11 is 3.41. The molecule has 0 unspecified atom stereocenters. The summed E-state index contributed by atoms with van der Waals surface area (Å²) in [6, 6.07) is 5.64. The molecule has 0 spiro atoms. The topological polar surface area (TPSA) is 37.4 Å². The van der Waals surface area contributed by atoms with Gasteiger partial charge in [-0.2, -0.15) is 0 Å². The average molecular weight is 334 g/mol. The van der Waals surface area contributed by atoms with Crippen LogP contribution in [0.3, 0.4) is 0 Å². The number of allylic oxidation sites excluding steroid dienone is 2. The number of rotatable bonds is 1. The number of halogens is 1. The van der Waals surface area contributed by atoms with Crippen molar-refractivity contribution in [2.24, 2.45) is 11.8 Å². The van der Waals surface area contributed by atoms with Gasteiger partial charge in [0.25, 0.3) is 0 Å². The number of fused-ring (bicyclic) bond motifs is 1. The van der Waals surface area contributed by atoms with Gasteiger partial charge < -0.3 is 0 Å². The van der Waals surface area contributed by atoms with Gasteiger partial charge in [-0.05, 0) is 50.5 Å². The fraction of sp³-hybridized carbons (Fsp3) is 0.375. The molecule has 2 amide bonds. The van der Waals surface area contributed by atoms with E-state index < -0.39 is 0 Å². The van der Waals surface area contributed by atoms with Crippen molar-refractivity contribution in [1.82, 2.24) is 0 Å². The highest BCUT2D eigenvalue weighted by Gasteiger charge is 2.48. The van der Waals surface area contributed by atoms with E-state index in [1.807, 2.05) is 32.0 Å². The number of imide groups is 1. The van der Waals surface area contributed by atoms with Gasteiger partial charge in [0.15, 0.2) is 0 Å². The van der Waals surface area contributed by atoms with Crippen LogP contribution in [-0.2, 0) is 9.59 Å². The Morgan fingerprint density at radius 1 is 1.15 bits per heavy atom.